The van der Waals surface area contributed by atoms with Gasteiger partial charge in [0.05, 0.1) is 17.0 Å². The predicted molar refractivity (Wildman–Crippen MR) is 324 cm³/mol. The minimum atomic E-state index is -4.50. The number of fused-ring (bicyclic) bond motifs is 8. The van der Waals surface area contributed by atoms with Crippen LogP contribution in [0.25, 0.3) is 10.9 Å². The number of anilines is 1. The fourth-order valence-electron chi connectivity index (χ4n) is 10.3. The van der Waals surface area contributed by atoms with Crippen LogP contribution in [0.2, 0.25) is 0 Å². The number of aromatic amines is 1. The number of carboxylic acids is 1. The van der Waals surface area contributed by atoms with Crippen molar-refractivity contribution in [2.24, 2.45) is 7.05 Å². The van der Waals surface area contributed by atoms with Crippen LogP contribution < -0.4 is 46.8 Å². The van der Waals surface area contributed by atoms with Crippen LogP contribution in [-0.2, 0) is 65.7 Å². The molecule has 3 saturated heterocycles. The Morgan fingerprint density at radius 2 is 1.40 bits per heavy atom. The molecule has 3 fully saturated rings. The number of ether oxygens (including phenoxy) is 1. The van der Waals surface area contributed by atoms with E-state index in [9.17, 15) is 56.7 Å². The van der Waals surface area contributed by atoms with Crippen LogP contribution in [-0.4, -0.2) is 241 Å². The van der Waals surface area contributed by atoms with Gasteiger partial charge in [0.1, 0.15) is 23.4 Å². The van der Waals surface area contributed by atoms with Gasteiger partial charge in [-0.25, -0.2) is 13.4 Å². The zero-order valence-electron chi connectivity index (χ0n) is 50.6. The number of aromatic nitrogens is 3. The number of nitrogens with zero attached hydrogens (tertiary/aromatic N) is 6. The molecule has 7 rings (SSSR count). The first-order valence-electron chi connectivity index (χ1n) is 29.4. The zero-order chi connectivity index (χ0) is 64.4. The molecule has 3 aliphatic rings. The molecule has 5 unspecified atom stereocenters. The molecule has 30 nitrogen and oxygen atoms in total. The fraction of sp³-hybridized carbons (Fsp3) is 0.509. The van der Waals surface area contributed by atoms with Crippen molar-refractivity contribution in [2.45, 2.75) is 82.9 Å². The number of H-pyrrole nitrogens is 1. The van der Waals surface area contributed by atoms with Crippen LogP contribution in [0.4, 0.5) is 5.95 Å². The van der Waals surface area contributed by atoms with Gasteiger partial charge in [0, 0.05) is 63.6 Å². The van der Waals surface area contributed by atoms with Gasteiger partial charge >= 0.3 is 204 Å². The number of carbonyl (C=O) groups excluding carboxylic acids is 7. The summed E-state index contributed by atoms with van der Waals surface area (Å²) in [6.45, 7) is 14.4. The molecule has 3 aliphatic heterocycles. The number of aryl methyl sites for hydroxylation is 3. The molecular weight excluding hydrogens is 1280 g/mol. The predicted octanol–water partition coefficient (Wildman–Crippen LogP) is -1.32. The van der Waals surface area contributed by atoms with Gasteiger partial charge in [-0.1, -0.05) is 19.9 Å². The molecular formula is C57H79InN14O16S. The molecule has 9 N–H and O–H groups in total. The fourth-order valence-corrected chi connectivity index (χ4v) is 15.0. The van der Waals surface area contributed by atoms with E-state index in [4.69, 9.17) is 13.3 Å². The van der Waals surface area contributed by atoms with Crippen molar-refractivity contribution >= 4 is 97.1 Å². The van der Waals surface area contributed by atoms with Gasteiger partial charge in [0.15, 0.2) is 5.95 Å². The maximum absolute atomic E-state index is 13.7. The van der Waals surface area contributed by atoms with E-state index in [1.807, 2.05) is 14.7 Å². The quantitative estimate of drug-likeness (QED) is 0.0329. The van der Waals surface area contributed by atoms with Gasteiger partial charge in [0.2, 0.25) is 27.3 Å². The molecule has 5 amide bonds. The molecule has 482 valence electrons. The summed E-state index contributed by atoms with van der Waals surface area (Å²) in [6, 6.07) is 4.28. The molecule has 2 aromatic heterocycles. The van der Waals surface area contributed by atoms with Gasteiger partial charge < -0.3 is 46.0 Å². The van der Waals surface area contributed by atoms with Crippen LogP contribution in [0.15, 0.2) is 71.0 Å². The normalized spacial score (nSPS) is 18.6. The van der Waals surface area contributed by atoms with E-state index in [0.717, 1.165) is 5.56 Å². The van der Waals surface area contributed by atoms with Gasteiger partial charge in [0.25, 0.3) is 5.91 Å². The molecule has 5 atom stereocenters. The third kappa shape index (κ3) is 20.5. The first-order chi connectivity index (χ1) is 42.5. The van der Waals surface area contributed by atoms with E-state index >= 15 is 0 Å². The summed E-state index contributed by atoms with van der Waals surface area (Å²) in [5, 5.41) is 26.7. The number of aliphatic carboxylic acids is 1. The molecule has 0 saturated carbocycles. The number of pyridine rings is 1. The zero-order valence-corrected chi connectivity index (χ0v) is 54.8. The molecule has 4 bridgehead atoms. The van der Waals surface area contributed by atoms with E-state index in [-0.39, 0.29) is 97.9 Å². The number of sulfonamides is 1. The van der Waals surface area contributed by atoms with E-state index in [1.54, 1.807) is 56.1 Å². The van der Waals surface area contributed by atoms with Crippen molar-refractivity contribution in [1.82, 2.24) is 65.4 Å². The second kappa shape index (κ2) is 32.7. The van der Waals surface area contributed by atoms with Crippen molar-refractivity contribution in [2.75, 3.05) is 110 Å². The monoisotopic (exact) mass is 1360 g/mol. The van der Waals surface area contributed by atoms with Gasteiger partial charge in [-0.3, -0.25) is 28.8 Å². The van der Waals surface area contributed by atoms with E-state index in [1.165, 1.54) is 32.2 Å². The van der Waals surface area contributed by atoms with E-state index in [2.05, 4.69) is 58.1 Å². The summed E-state index contributed by atoms with van der Waals surface area (Å²) < 4.78 is 54.0. The Morgan fingerprint density at radius 3 is 2.02 bits per heavy atom. The second-order valence-electron chi connectivity index (χ2n) is 21.9. The molecule has 0 aliphatic carbocycles. The Labute approximate surface area is 524 Å². The Bertz CT molecular complexity index is 3350. The average molecular weight is 1360 g/mol. The second-order valence-corrected chi connectivity index (χ2v) is 27.2. The van der Waals surface area contributed by atoms with Gasteiger partial charge in [-0.15, -0.1) is 0 Å². The SMILES string of the molecule is C=C1CN2CCN3CCN(CC(=O)NC(CC)C(=O)NC(CC)C(=O)NCCNC(=O)CCCOc4cc(C)c(S(=O)(=O)NC(CNC(=O)c5cn(C)c6cc(CNc7ncc[nH]7)ccc6c5=O)C(=O)O)c(C)c4)CCN(CC2)CC(=O)[O][In]([O]1)[O]C(=O)C3. The third-order valence-corrected chi connectivity index (χ3v) is 20.9. The maximum atomic E-state index is 13.7. The minimum absolute atomic E-state index is 0.0464. The number of benzene rings is 2. The number of rotatable bonds is 26. The average Bonchev–Trinajstić information content (AvgIpc) is 3.48. The Morgan fingerprint density at radius 1 is 0.787 bits per heavy atom. The molecule has 0 radical (unpaired) electrons. The van der Waals surface area contributed by atoms with Crippen LogP contribution in [0.3, 0.4) is 0 Å². The van der Waals surface area contributed by atoms with Crippen molar-refractivity contribution in [3.63, 3.8) is 0 Å². The number of hydrogen-bond donors (Lipinski definition) is 9. The third-order valence-electron chi connectivity index (χ3n) is 15.0. The van der Waals surface area contributed by atoms with Crippen molar-refractivity contribution < 1.29 is 65.2 Å². The van der Waals surface area contributed by atoms with Crippen LogP contribution in [0, 0.1) is 13.8 Å². The Kier molecular flexibility index (Phi) is 25.3. The number of nitrogens with one attached hydrogen (secondary N) is 8. The molecule has 5 heterocycles. The first-order valence-corrected chi connectivity index (χ1v) is 34.9. The van der Waals surface area contributed by atoms with Crippen LogP contribution in [0.5, 0.6) is 5.75 Å². The van der Waals surface area contributed by atoms with Crippen LogP contribution in [0.1, 0.15) is 66.6 Å². The van der Waals surface area contributed by atoms with Crippen LogP contribution >= 0.6 is 0 Å². The summed E-state index contributed by atoms with van der Waals surface area (Å²) in [5.74, 6) is -4.17. The van der Waals surface area contributed by atoms with Gasteiger partial charge in [-0.05, 0) is 67.6 Å². The number of hydrogen-bond acceptors (Lipinski definition) is 21. The first kappa shape index (κ1) is 68.9. The molecule has 2 aromatic carbocycles. The summed E-state index contributed by atoms with van der Waals surface area (Å²) in [4.78, 5) is 133. The number of carboxylic acid groups (broad SMARTS) is 1. The molecule has 0 spiro atoms. The van der Waals surface area contributed by atoms with Gasteiger partial charge in [-0.2, -0.15) is 4.72 Å². The summed E-state index contributed by atoms with van der Waals surface area (Å²) in [7, 11) is -2.85. The van der Waals surface area contributed by atoms with Crippen molar-refractivity contribution in [1.29, 1.82) is 0 Å². The van der Waals surface area contributed by atoms with E-state index in [0.29, 0.717) is 88.4 Å². The Hall–Kier alpha value is -7.62. The van der Waals surface area contributed by atoms with Crippen molar-refractivity contribution in [3.8, 4) is 5.75 Å². The standard InChI is InChI=1S/C57H82N14O16S.In/c1-7-43(65-55(82)44(8-2)64-48(74)33-69-19-23-70(34-49(75)76)21-17-68(31-38(5)72)18-22-71(24-20-69)35-50(77)78)54(81)59-14-13-58-47(73)10-9-25-87-40-26-36(3)52(37(4)27-40)88(85,86)66-45(56(83)84)30-62-53(80)42-32-67(6)46-28-39(11-12-41(46)51(42)79)29-63-57-60-15-16-61-57;/h11-12,15-16,26-28,32,43-45,66,72H,5,7-10,13-14,17-25,29-31,33-35H2,1-4,6H3,(H,58,73)(H,59,81)(H,62,80)(H,64,74)(H,65,82)(H,75,76)(H,77,78)(H,83,84)(H2,60,61,63);/q;+3/p-3. The summed E-state index contributed by atoms with van der Waals surface area (Å²) in [6.07, 6.45) is 5.37. The van der Waals surface area contributed by atoms with Crippen molar-refractivity contribution in [3.05, 3.63) is 93.7 Å². The number of imidazole rings is 1. The molecule has 89 heavy (non-hydrogen) atoms. The number of amides is 5. The topological polar surface area (TPSA) is 376 Å². The summed E-state index contributed by atoms with van der Waals surface area (Å²) in [5.41, 5.74) is 0.965. The summed E-state index contributed by atoms with van der Waals surface area (Å²) >= 11 is -4.04. The number of carbonyl (C=O) groups is 8. The van der Waals surface area contributed by atoms with E-state index < -0.39 is 104 Å². The molecule has 4 aromatic rings. The Balaban J connectivity index is 0.812. The molecule has 32 heteroatoms.